The molecule has 12 heteroatoms. The number of ether oxygens (including phenoxy) is 8. The van der Waals surface area contributed by atoms with Crippen LogP contribution < -0.4 is 9.47 Å². The van der Waals surface area contributed by atoms with Crippen molar-refractivity contribution in [3.05, 3.63) is 23.8 Å². The maximum atomic E-state index is 14.6. The number of piperidine rings is 1. The van der Waals surface area contributed by atoms with Crippen molar-refractivity contribution in [2.24, 2.45) is 35.0 Å². The van der Waals surface area contributed by atoms with E-state index in [9.17, 15) is 14.7 Å². The second-order valence-corrected chi connectivity index (χ2v) is 19.9. The van der Waals surface area contributed by atoms with E-state index in [2.05, 4.69) is 18.7 Å². The van der Waals surface area contributed by atoms with Gasteiger partial charge in [0, 0.05) is 89.4 Å². The van der Waals surface area contributed by atoms with Gasteiger partial charge in [-0.05, 0) is 43.5 Å². The van der Waals surface area contributed by atoms with Crippen LogP contribution in [0.3, 0.4) is 0 Å². The molecule has 7 rings (SSSR count). The van der Waals surface area contributed by atoms with Gasteiger partial charge in [0.2, 0.25) is 0 Å². The summed E-state index contributed by atoms with van der Waals surface area (Å²) in [5.74, 6) is -1.03. The lowest BCUT2D eigenvalue weighted by atomic mass is 9.44. The fourth-order valence-corrected chi connectivity index (χ4v) is 14.9. The molecule has 6 fully saturated rings. The molecule has 1 aromatic rings. The first-order valence-electron chi connectivity index (χ1n) is 24.8. The Labute approximate surface area is 378 Å². The minimum Gasteiger partial charge on any atom is -0.493 e. The fourth-order valence-electron chi connectivity index (χ4n) is 14.9. The average molecular weight is 884 g/mol. The van der Waals surface area contributed by atoms with Crippen molar-refractivity contribution in [2.45, 2.75) is 184 Å². The summed E-state index contributed by atoms with van der Waals surface area (Å²) in [6.07, 6.45) is 18.1. The summed E-state index contributed by atoms with van der Waals surface area (Å²) in [5.41, 5.74) is -2.26. The number of carbonyl (C=O) groups excluding carboxylic acids is 2. The number of nitrogens with zero attached hydrogens (tertiary/aromatic N) is 1. The van der Waals surface area contributed by atoms with Crippen LogP contribution in [0, 0.1) is 35.0 Å². The summed E-state index contributed by atoms with van der Waals surface area (Å²) in [5, 5.41) is 12.2. The molecule has 356 valence electrons. The third-order valence-electron chi connectivity index (χ3n) is 17.3. The van der Waals surface area contributed by atoms with E-state index in [-0.39, 0.29) is 53.8 Å². The molecule has 5 aliphatic carbocycles. The Morgan fingerprint density at radius 1 is 0.730 bits per heavy atom. The van der Waals surface area contributed by atoms with Crippen LogP contribution in [0.5, 0.6) is 11.5 Å². The van der Waals surface area contributed by atoms with Crippen LogP contribution >= 0.6 is 0 Å². The lowest BCUT2D eigenvalue weighted by molar-refractivity contribution is -0.312. The number of hydrogen-bond donors (Lipinski definition) is 1. The maximum Gasteiger partial charge on any atom is 0.338 e. The third-order valence-corrected chi connectivity index (χ3v) is 17.3. The third kappa shape index (κ3) is 8.36. The minimum absolute atomic E-state index is 0.102. The molecule has 14 atom stereocenters. The largest absolute Gasteiger partial charge is 0.493 e. The lowest BCUT2D eigenvalue weighted by Gasteiger charge is -2.69. The number of hydrogen-bond acceptors (Lipinski definition) is 12. The zero-order valence-electron chi connectivity index (χ0n) is 39.9. The molecule has 12 nitrogen and oxygen atoms in total. The van der Waals surface area contributed by atoms with E-state index in [1.807, 2.05) is 0 Å². The topological polar surface area (TPSA) is 131 Å². The fraction of sp³-hybridized carbons (Fsp3) is 0.843. The van der Waals surface area contributed by atoms with Gasteiger partial charge in [0.05, 0.1) is 44.2 Å². The highest BCUT2D eigenvalue weighted by Gasteiger charge is 2.89. The van der Waals surface area contributed by atoms with Crippen LogP contribution in [-0.2, 0) is 33.2 Å². The minimum atomic E-state index is -1.10. The average Bonchev–Trinajstić information content (AvgIpc) is 3.72. The number of aliphatic hydroxyl groups is 1. The van der Waals surface area contributed by atoms with Crippen LogP contribution in [0.2, 0.25) is 0 Å². The number of aliphatic hydroxyl groups excluding tert-OH is 1. The van der Waals surface area contributed by atoms with Crippen LogP contribution in [0.4, 0.5) is 0 Å². The molecule has 1 N–H and O–H groups in total. The molecular formula is C51H81NO11. The second kappa shape index (κ2) is 21.0. The summed E-state index contributed by atoms with van der Waals surface area (Å²) in [6, 6.07) is 4.95. The van der Waals surface area contributed by atoms with E-state index in [1.54, 1.807) is 60.9 Å². The number of likely N-dealkylation sites (N-methyl/N-ethyl adjacent to an activating group) is 1. The number of methoxy groups -OCH3 is 6. The number of esters is 2. The lowest BCUT2D eigenvalue weighted by Crippen LogP contribution is -2.80. The normalized spacial score (nSPS) is 37.2. The zero-order chi connectivity index (χ0) is 44.9. The highest BCUT2D eigenvalue weighted by molar-refractivity contribution is 5.90. The molecule has 1 spiro atoms. The van der Waals surface area contributed by atoms with Gasteiger partial charge in [0.25, 0.3) is 0 Å². The summed E-state index contributed by atoms with van der Waals surface area (Å²) in [7, 11) is 10.0. The molecule has 0 radical (unpaired) electrons. The van der Waals surface area contributed by atoms with Gasteiger partial charge >= 0.3 is 11.9 Å². The molecule has 5 saturated carbocycles. The van der Waals surface area contributed by atoms with Gasteiger partial charge in [-0.3, -0.25) is 9.69 Å². The first kappa shape index (κ1) is 48.5. The van der Waals surface area contributed by atoms with Gasteiger partial charge in [-0.15, -0.1) is 0 Å². The van der Waals surface area contributed by atoms with Crippen molar-refractivity contribution in [3.8, 4) is 11.5 Å². The van der Waals surface area contributed by atoms with Crippen molar-refractivity contribution in [3.63, 3.8) is 0 Å². The summed E-state index contributed by atoms with van der Waals surface area (Å²) < 4.78 is 51.2. The van der Waals surface area contributed by atoms with Crippen molar-refractivity contribution < 1.29 is 52.6 Å². The number of unbranched alkanes of at least 4 members (excludes halogenated alkanes) is 14. The van der Waals surface area contributed by atoms with Gasteiger partial charge in [-0.25, -0.2) is 4.79 Å². The molecule has 6 aliphatic rings. The van der Waals surface area contributed by atoms with E-state index < -0.39 is 40.9 Å². The molecule has 0 amide bonds. The monoisotopic (exact) mass is 884 g/mol. The van der Waals surface area contributed by atoms with Gasteiger partial charge in [-0.1, -0.05) is 104 Å². The van der Waals surface area contributed by atoms with Gasteiger partial charge < -0.3 is 43.0 Å². The number of fused-ring (bicyclic) bond motifs is 2. The SMILES string of the molecule is CCCCCCCCCCCCCCCCCC(=O)O[C@]12C[C@H](OC)[C@H]3C[C@H]([C@@H]1[C@H]3OC(=O)c1ccc(OC)c(OC)c1)C13C(OC)C[C@@H](O)[C@@]4(OC)CN(CC)C1[C@H]2[C@H](OC)[C@@H]34. The van der Waals surface area contributed by atoms with E-state index in [0.717, 1.165) is 19.3 Å². The molecular weight excluding hydrogens is 803 g/mol. The quantitative estimate of drug-likeness (QED) is 0.0707. The van der Waals surface area contributed by atoms with Crippen molar-refractivity contribution in [2.75, 3.05) is 55.7 Å². The number of benzene rings is 1. The predicted octanol–water partition coefficient (Wildman–Crippen LogP) is 8.57. The van der Waals surface area contributed by atoms with Gasteiger partial charge in [0.1, 0.15) is 17.3 Å². The Bertz CT molecular complexity index is 1680. The molecule has 0 aromatic heterocycles. The van der Waals surface area contributed by atoms with E-state index in [0.29, 0.717) is 55.8 Å². The smallest absolute Gasteiger partial charge is 0.338 e. The van der Waals surface area contributed by atoms with E-state index >= 15 is 0 Å². The number of likely N-dealkylation sites (tertiary alicyclic amines) is 1. The van der Waals surface area contributed by atoms with Crippen LogP contribution in [0.15, 0.2) is 18.2 Å². The second-order valence-electron chi connectivity index (χ2n) is 19.9. The van der Waals surface area contributed by atoms with Crippen LogP contribution in [0.1, 0.15) is 146 Å². The first-order valence-corrected chi connectivity index (χ1v) is 24.8. The Morgan fingerprint density at radius 2 is 1.37 bits per heavy atom. The van der Waals surface area contributed by atoms with Crippen molar-refractivity contribution in [1.82, 2.24) is 4.90 Å². The van der Waals surface area contributed by atoms with E-state index in [1.165, 1.54) is 77.0 Å². The summed E-state index contributed by atoms with van der Waals surface area (Å²) >= 11 is 0. The highest BCUT2D eigenvalue weighted by atomic mass is 16.6. The first-order chi connectivity index (χ1) is 30.6. The van der Waals surface area contributed by atoms with E-state index in [4.69, 9.17) is 37.9 Å². The molecule has 1 saturated heterocycles. The zero-order valence-corrected chi connectivity index (χ0v) is 39.9. The maximum absolute atomic E-state index is 14.6. The highest BCUT2D eigenvalue weighted by Crippen LogP contribution is 2.79. The standard InChI is InChI=1S/C51H81NO11/c1-9-11-12-13-14-15-16-17-18-19-20-21-22-23-24-25-41(54)63-49-31-38(58-5)34-29-35(42(49)44(34)62-48(55)33-26-27-36(56-3)37(28-33)57-4)51-40(59-6)30-39(53)50(61-8)32-52(10-2)47(51)43(49)45(60-7)46(50)51/h26-28,34-35,38-40,42-47,53H,9-25,29-32H2,1-8H3/t34-,35-,38+,39-,40?,42-,43-,44+,45+,46-,47?,49-,50+,51?/m1/s1. The van der Waals surface area contributed by atoms with Crippen molar-refractivity contribution >= 4 is 11.9 Å². The van der Waals surface area contributed by atoms with Crippen molar-refractivity contribution in [1.29, 1.82) is 0 Å². The molecule has 3 unspecified atom stereocenters. The summed E-state index contributed by atoms with van der Waals surface area (Å²) in [6.45, 7) is 5.66. The molecule has 63 heavy (non-hydrogen) atoms. The van der Waals surface area contributed by atoms with Gasteiger partial charge in [-0.2, -0.15) is 0 Å². The molecule has 1 heterocycles. The Morgan fingerprint density at radius 3 is 1.92 bits per heavy atom. The molecule has 7 bridgehead atoms. The van der Waals surface area contributed by atoms with Gasteiger partial charge in [0.15, 0.2) is 11.5 Å². The van der Waals surface area contributed by atoms with Crippen LogP contribution in [-0.4, -0.2) is 125 Å². The Kier molecular flexibility index (Phi) is 16.2. The predicted molar refractivity (Wildman–Crippen MR) is 240 cm³/mol. The summed E-state index contributed by atoms with van der Waals surface area (Å²) in [4.78, 5) is 31.4. The molecule has 1 aliphatic heterocycles. The molecule has 1 aromatic carbocycles. The van der Waals surface area contributed by atoms with Crippen LogP contribution in [0.25, 0.3) is 0 Å². The number of rotatable bonds is 26. The number of carbonyl (C=O) groups is 2. The Hall–Kier alpha value is -2.48. The Balaban J connectivity index is 1.14.